The summed E-state index contributed by atoms with van der Waals surface area (Å²) in [5.74, 6) is 0. The second kappa shape index (κ2) is 1.70. The average molecular weight is 117 g/mol. The van der Waals surface area contributed by atoms with Crippen molar-refractivity contribution in [2.24, 2.45) is 0 Å². The Balaban J connectivity index is 2.32. The van der Waals surface area contributed by atoms with Gasteiger partial charge in [-0.05, 0) is 0 Å². The van der Waals surface area contributed by atoms with Gasteiger partial charge in [0.1, 0.15) is 6.10 Å². The minimum atomic E-state index is -0.519. The van der Waals surface area contributed by atoms with Gasteiger partial charge in [-0.15, -0.1) is 0 Å². The van der Waals surface area contributed by atoms with E-state index in [0.29, 0.717) is 6.61 Å². The number of nitro groups is 1. The number of ether oxygens (including phenoxy) is 1. The first kappa shape index (κ1) is 5.50. The van der Waals surface area contributed by atoms with Gasteiger partial charge in [-0.25, -0.2) is 0 Å². The largest absolute Gasteiger partial charge is 0.366 e. The Hall–Kier alpha value is -0.640. The Morgan fingerprint density at radius 2 is 2.50 bits per heavy atom. The van der Waals surface area contributed by atoms with Gasteiger partial charge in [-0.2, -0.15) is 0 Å². The Morgan fingerprint density at radius 1 is 2.00 bits per heavy atom. The molecule has 1 fully saturated rings. The minimum absolute atomic E-state index is 0.106. The van der Waals surface area contributed by atoms with Crippen molar-refractivity contribution in [1.29, 1.82) is 0 Å². The highest BCUT2D eigenvalue weighted by molar-refractivity contribution is 4.74. The summed E-state index contributed by atoms with van der Waals surface area (Å²) in [4.78, 5) is 9.58. The molecule has 1 saturated heterocycles. The van der Waals surface area contributed by atoms with Gasteiger partial charge in [-0.1, -0.05) is 0 Å². The fourth-order valence-electron chi connectivity index (χ4n) is 0.470. The third-order valence-corrected chi connectivity index (χ3v) is 1.23. The quantitative estimate of drug-likeness (QED) is 0.291. The molecule has 0 aromatic carbocycles. The molecule has 0 saturated carbocycles. The van der Waals surface area contributed by atoms with E-state index in [4.69, 9.17) is 0 Å². The van der Waals surface area contributed by atoms with Crippen molar-refractivity contribution < 1.29 is 9.66 Å². The van der Waals surface area contributed by atoms with Crippen LogP contribution in [0.1, 0.15) is 6.92 Å². The van der Waals surface area contributed by atoms with Crippen LogP contribution >= 0.6 is 0 Å². The molecule has 0 N–H and O–H groups in total. The van der Waals surface area contributed by atoms with E-state index in [1.165, 1.54) is 0 Å². The number of nitrogens with zero attached hydrogens (tertiary/aromatic N) is 1. The molecule has 4 nitrogen and oxygen atoms in total. The SMILES string of the molecule is CC(C1CO1)[N+](=O)[O-]. The molecule has 4 heteroatoms. The number of rotatable bonds is 2. The first-order valence-electron chi connectivity index (χ1n) is 2.47. The second-order valence-corrected chi connectivity index (χ2v) is 1.90. The van der Waals surface area contributed by atoms with E-state index >= 15 is 0 Å². The van der Waals surface area contributed by atoms with Crippen LogP contribution in [0.25, 0.3) is 0 Å². The normalized spacial score (nSPS) is 29.4. The van der Waals surface area contributed by atoms with Crippen LogP contribution in [0, 0.1) is 10.1 Å². The molecule has 0 bridgehead atoms. The summed E-state index contributed by atoms with van der Waals surface area (Å²) < 4.78 is 4.69. The summed E-state index contributed by atoms with van der Waals surface area (Å²) in [5, 5.41) is 9.91. The third-order valence-electron chi connectivity index (χ3n) is 1.23. The highest BCUT2D eigenvalue weighted by Crippen LogP contribution is 2.14. The highest BCUT2D eigenvalue weighted by Gasteiger charge is 2.37. The molecule has 2 atom stereocenters. The molecule has 0 aromatic heterocycles. The molecule has 1 aliphatic rings. The van der Waals surface area contributed by atoms with Crippen LogP contribution < -0.4 is 0 Å². The van der Waals surface area contributed by atoms with Crippen LogP contribution in [-0.2, 0) is 4.74 Å². The molecule has 1 aliphatic heterocycles. The standard InChI is InChI=1S/C4H7NO3/c1-3(5(6)7)4-2-8-4/h3-4H,2H2,1H3. The maximum atomic E-state index is 9.91. The van der Waals surface area contributed by atoms with Crippen molar-refractivity contribution in [3.8, 4) is 0 Å². The topological polar surface area (TPSA) is 55.7 Å². The van der Waals surface area contributed by atoms with Crippen molar-refractivity contribution in [2.75, 3.05) is 6.61 Å². The van der Waals surface area contributed by atoms with Crippen molar-refractivity contribution in [3.63, 3.8) is 0 Å². The van der Waals surface area contributed by atoms with Gasteiger partial charge in [-0.3, -0.25) is 10.1 Å². The van der Waals surface area contributed by atoms with Gasteiger partial charge in [0.2, 0.25) is 6.04 Å². The Labute approximate surface area is 46.6 Å². The van der Waals surface area contributed by atoms with E-state index in [0.717, 1.165) is 0 Å². The maximum Gasteiger partial charge on any atom is 0.238 e. The molecule has 0 amide bonds. The molecule has 46 valence electrons. The molecule has 0 spiro atoms. The Kier molecular flexibility index (Phi) is 1.17. The molecule has 0 aromatic rings. The summed E-state index contributed by atoms with van der Waals surface area (Å²) in [6, 6.07) is -0.519. The minimum Gasteiger partial charge on any atom is -0.366 e. The van der Waals surface area contributed by atoms with Crippen LogP contribution in [0.15, 0.2) is 0 Å². The maximum absolute atomic E-state index is 9.91. The zero-order valence-corrected chi connectivity index (χ0v) is 4.53. The first-order chi connectivity index (χ1) is 3.72. The van der Waals surface area contributed by atoms with E-state index in [-0.39, 0.29) is 11.0 Å². The number of hydrogen-bond acceptors (Lipinski definition) is 3. The molecular formula is C4H7NO3. The monoisotopic (exact) mass is 117 g/mol. The Morgan fingerprint density at radius 3 is 2.62 bits per heavy atom. The van der Waals surface area contributed by atoms with Crippen molar-refractivity contribution in [2.45, 2.75) is 19.1 Å². The zero-order valence-electron chi connectivity index (χ0n) is 4.53. The first-order valence-corrected chi connectivity index (χ1v) is 2.47. The fraction of sp³-hybridized carbons (Fsp3) is 1.00. The van der Waals surface area contributed by atoms with Gasteiger partial charge in [0.25, 0.3) is 0 Å². The molecule has 8 heavy (non-hydrogen) atoms. The van der Waals surface area contributed by atoms with Crippen molar-refractivity contribution in [3.05, 3.63) is 10.1 Å². The van der Waals surface area contributed by atoms with Gasteiger partial charge < -0.3 is 4.74 Å². The summed E-state index contributed by atoms with van der Waals surface area (Å²) in [6.07, 6.45) is -0.106. The van der Waals surface area contributed by atoms with Crippen molar-refractivity contribution in [1.82, 2.24) is 0 Å². The molecule has 1 heterocycles. The number of hydrogen-bond donors (Lipinski definition) is 0. The van der Waals surface area contributed by atoms with E-state index in [9.17, 15) is 10.1 Å². The van der Waals surface area contributed by atoms with Crippen LogP contribution in [0.2, 0.25) is 0 Å². The molecule has 0 aliphatic carbocycles. The van der Waals surface area contributed by atoms with E-state index < -0.39 is 6.04 Å². The molecular weight excluding hydrogens is 110 g/mol. The van der Waals surface area contributed by atoms with Gasteiger partial charge in [0, 0.05) is 11.8 Å². The van der Waals surface area contributed by atoms with Gasteiger partial charge in [0.15, 0.2) is 0 Å². The average Bonchev–Trinajstić information content (AvgIpc) is 2.43. The highest BCUT2D eigenvalue weighted by atomic mass is 16.6. The predicted molar refractivity (Wildman–Crippen MR) is 26.2 cm³/mol. The summed E-state index contributed by atoms with van der Waals surface area (Å²) in [5.41, 5.74) is 0. The van der Waals surface area contributed by atoms with Crippen molar-refractivity contribution >= 4 is 0 Å². The smallest absolute Gasteiger partial charge is 0.238 e. The zero-order chi connectivity index (χ0) is 6.15. The van der Waals surface area contributed by atoms with Crippen LogP contribution in [0.5, 0.6) is 0 Å². The lowest BCUT2D eigenvalue weighted by atomic mass is 10.3. The number of epoxide rings is 1. The molecule has 2 unspecified atom stereocenters. The van der Waals surface area contributed by atoms with E-state index in [1.54, 1.807) is 6.92 Å². The second-order valence-electron chi connectivity index (χ2n) is 1.90. The summed E-state index contributed by atoms with van der Waals surface area (Å²) in [6.45, 7) is 2.11. The van der Waals surface area contributed by atoms with E-state index in [2.05, 4.69) is 4.74 Å². The van der Waals surface area contributed by atoms with E-state index in [1.807, 2.05) is 0 Å². The molecule has 1 rings (SSSR count). The van der Waals surface area contributed by atoms with Crippen LogP contribution in [0.3, 0.4) is 0 Å². The van der Waals surface area contributed by atoms with Gasteiger partial charge in [0.05, 0.1) is 6.61 Å². The predicted octanol–water partition coefficient (Wildman–Crippen LogP) is 0.0504. The lowest BCUT2D eigenvalue weighted by Crippen LogP contribution is -2.21. The van der Waals surface area contributed by atoms with Gasteiger partial charge >= 0.3 is 0 Å². The lowest BCUT2D eigenvalue weighted by molar-refractivity contribution is -0.520. The summed E-state index contributed by atoms with van der Waals surface area (Å²) in [7, 11) is 0. The Bertz CT molecular complexity index is 110. The molecule has 0 radical (unpaired) electrons. The fourth-order valence-corrected chi connectivity index (χ4v) is 0.470. The summed E-state index contributed by atoms with van der Waals surface area (Å²) >= 11 is 0. The van der Waals surface area contributed by atoms with Crippen LogP contribution in [-0.4, -0.2) is 23.7 Å². The third kappa shape index (κ3) is 0.949. The van der Waals surface area contributed by atoms with Crippen LogP contribution in [0.4, 0.5) is 0 Å². The lowest BCUT2D eigenvalue weighted by Gasteiger charge is -1.94.